The summed E-state index contributed by atoms with van der Waals surface area (Å²) < 4.78 is 6.25. The van der Waals surface area contributed by atoms with Crippen LogP contribution in [0.25, 0.3) is 10.1 Å². The zero-order chi connectivity index (χ0) is 14.8. The molecule has 0 spiro atoms. The predicted octanol–water partition coefficient (Wildman–Crippen LogP) is 3.46. The van der Waals surface area contributed by atoms with Gasteiger partial charge < -0.3 is 15.2 Å². The highest BCUT2D eigenvalue weighted by atomic mass is 32.1. The lowest BCUT2D eigenvalue weighted by Crippen LogP contribution is -2.34. The number of fused-ring (bicyclic) bond motifs is 1. The van der Waals surface area contributed by atoms with Gasteiger partial charge in [0.05, 0.1) is 6.54 Å². The van der Waals surface area contributed by atoms with Crippen LogP contribution >= 0.6 is 11.3 Å². The summed E-state index contributed by atoms with van der Waals surface area (Å²) in [5, 5.41) is 13.8. The molecule has 5 heteroatoms. The number of amides is 1. The quantitative estimate of drug-likeness (QED) is 0.911. The molecule has 1 atom stereocenters. The van der Waals surface area contributed by atoms with E-state index in [2.05, 4.69) is 5.32 Å². The minimum Gasteiger partial charge on any atom is -0.444 e. The molecule has 108 valence electrons. The zero-order valence-electron chi connectivity index (χ0n) is 11.8. The van der Waals surface area contributed by atoms with Crippen molar-refractivity contribution in [3.8, 4) is 0 Å². The normalized spacial score (nSPS) is 13.2. The Bertz CT molecular complexity index is 567. The van der Waals surface area contributed by atoms with Crippen LogP contribution in [0.3, 0.4) is 0 Å². The average Bonchev–Trinajstić information content (AvgIpc) is 2.77. The highest BCUT2D eigenvalue weighted by molar-refractivity contribution is 7.19. The first-order valence-corrected chi connectivity index (χ1v) is 7.30. The molecular weight excluding hydrogens is 274 g/mol. The largest absolute Gasteiger partial charge is 0.444 e. The van der Waals surface area contributed by atoms with Crippen LogP contribution in [0.2, 0.25) is 0 Å². The van der Waals surface area contributed by atoms with E-state index in [1.54, 1.807) is 20.8 Å². The molecule has 0 bridgehead atoms. The monoisotopic (exact) mass is 293 g/mol. The lowest BCUT2D eigenvalue weighted by Gasteiger charge is -2.20. The van der Waals surface area contributed by atoms with Crippen molar-refractivity contribution in [1.29, 1.82) is 0 Å². The van der Waals surface area contributed by atoms with Crippen molar-refractivity contribution in [2.24, 2.45) is 0 Å². The Morgan fingerprint density at radius 2 is 2.10 bits per heavy atom. The Kier molecular flexibility index (Phi) is 4.30. The molecule has 0 aliphatic heterocycles. The second-order valence-electron chi connectivity index (χ2n) is 5.59. The number of nitrogens with one attached hydrogen (secondary N) is 1. The van der Waals surface area contributed by atoms with E-state index in [0.29, 0.717) is 0 Å². The van der Waals surface area contributed by atoms with Crippen LogP contribution in [0.15, 0.2) is 30.3 Å². The molecule has 2 aromatic rings. The standard InChI is InChI=1S/C15H19NO3S/c1-15(2,3)19-14(18)16-9-11(17)13-8-10-6-4-5-7-12(10)20-13/h4-8,11,17H,9H2,1-3H3,(H,16,18)/t11-/m0/s1. The summed E-state index contributed by atoms with van der Waals surface area (Å²) in [6, 6.07) is 9.89. The van der Waals surface area contributed by atoms with Gasteiger partial charge in [-0.05, 0) is 38.3 Å². The van der Waals surface area contributed by atoms with Gasteiger partial charge in [0, 0.05) is 9.58 Å². The fraction of sp³-hybridized carbons (Fsp3) is 0.400. The van der Waals surface area contributed by atoms with Crippen LogP contribution in [0, 0.1) is 0 Å². The molecule has 0 radical (unpaired) electrons. The molecule has 2 rings (SSSR count). The van der Waals surface area contributed by atoms with Crippen LogP contribution in [-0.4, -0.2) is 23.3 Å². The van der Waals surface area contributed by atoms with E-state index in [1.807, 2.05) is 30.3 Å². The van der Waals surface area contributed by atoms with Gasteiger partial charge >= 0.3 is 6.09 Å². The minimum absolute atomic E-state index is 0.141. The SMILES string of the molecule is CC(C)(C)OC(=O)NC[C@H](O)c1cc2ccccc2s1. The molecule has 0 aliphatic rings. The number of aliphatic hydroxyl groups is 1. The maximum Gasteiger partial charge on any atom is 0.407 e. The van der Waals surface area contributed by atoms with E-state index < -0.39 is 17.8 Å². The van der Waals surface area contributed by atoms with E-state index in [-0.39, 0.29) is 6.54 Å². The summed E-state index contributed by atoms with van der Waals surface area (Å²) in [7, 11) is 0. The number of rotatable bonds is 3. The number of hydrogen-bond donors (Lipinski definition) is 2. The Balaban J connectivity index is 1.95. The number of benzene rings is 1. The van der Waals surface area contributed by atoms with E-state index >= 15 is 0 Å². The summed E-state index contributed by atoms with van der Waals surface area (Å²) >= 11 is 1.53. The van der Waals surface area contributed by atoms with Crippen molar-refractivity contribution in [3.05, 3.63) is 35.2 Å². The third kappa shape index (κ3) is 3.95. The fourth-order valence-corrected chi connectivity index (χ4v) is 2.81. The molecule has 2 N–H and O–H groups in total. The number of thiophene rings is 1. The average molecular weight is 293 g/mol. The second kappa shape index (κ2) is 5.81. The van der Waals surface area contributed by atoms with Crippen molar-refractivity contribution >= 4 is 27.5 Å². The van der Waals surface area contributed by atoms with Crippen molar-refractivity contribution in [2.45, 2.75) is 32.5 Å². The van der Waals surface area contributed by atoms with Crippen molar-refractivity contribution in [1.82, 2.24) is 5.32 Å². The third-order valence-corrected chi connectivity index (χ3v) is 3.83. The molecule has 20 heavy (non-hydrogen) atoms. The van der Waals surface area contributed by atoms with Gasteiger partial charge in [-0.1, -0.05) is 18.2 Å². The van der Waals surface area contributed by atoms with Crippen molar-refractivity contribution < 1.29 is 14.6 Å². The van der Waals surface area contributed by atoms with Gasteiger partial charge in [-0.2, -0.15) is 0 Å². The van der Waals surface area contributed by atoms with Crippen LogP contribution < -0.4 is 5.32 Å². The first-order chi connectivity index (χ1) is 9.35. The molecule has 1 aromatic carbocycles. The molecule has 0 fully saturated rings. The summed E-state index contributed by atoms with van der Waals surface area (Å²) in [5.41, 5.74) is -0.535. The minimum atomic E-state index is -0.722. The lowest BCUT2D eigenvalue weighted by atomic mass is 10.2. The number of hydrogen-bond acceptors (Lipinski definition) is 4. The van der Waals surface area contributed by atoms with Gasteiger partial charge in [0.15, 0.2) is 0 Å². The van der Waals surface area contributed by atoms with Gasteiger partial charge in [0.2, 0.25) is 0 Å². The van der Waals surface area contributed by atoms with Crippen LogP contribution in [-0.2, 0) is 4.74 Å². The first kappa shape index (κ1) is 14.8. The van der Waals surface area contributed by atoms with Crippen molar-refractivity contribution in [3.63, 3.8) is 0 Å². The van der Waals surface area contributed by atoms with Crippen molar-refractivity contribution in [2.75, 3.05) is 6.54 Å². The van der Waals surface area contributed by atoms with Gasteiger partial charge in [-0.3, -0.25) is 0 Å². The van der Waals surface area contributed by atoms with Gasteiger partial charge in [0.1, 0.15) is 11.7 Å². The molecule has 0 unspecified atom stereocenters. The highest BCUT2D eigenvalue weighted by Gasteiger charge is 2.18. The molecule has 1 aromatic heterocycles. The fourth-order valence-electron chi connectivity index (χ4n) is 1.76. The third-order valence-electron chi connectivity index (χ3n) is 2.61. The summed E-state index contributed by atoms with van der Waals surface area (Å²) in [6.45, 7) is 5.54. The number of carbonyl (C=O) groups excluding carboxylic acids is 1. The van der Waals surface area contributed by atoms with Gasteiger partial charge in [0.25, 0.3) is 0 Å². The Morgan fingerprint density at radius 3 is 2.75 bits per heavy atom. The topological polar surface area (TPSA) is 58.6 Å². The molecule has 1 heterocycles. The second-order valence-corrected chi connectivity index (χ2v) is 6.70. The summed E-state index contributed by atoms with van der Waals surface area (Å²) in [5.74, 6) is 0. The maximum absolute atomic E-state index is 11.5. The molecule has 1 amide bonds. The first-order valence-electron chi connectivity index (χ1n) is 6.48. The van der Waals surface area contributed by atoms with E-state index in [4.69, 9.17) is 4.74 Å². The van der Waals surface area contributed by atoms with Gasteiger partial charge in [-0.15, -0.1) is 11.3 Å². The Morgan fingerprint density at radius 1 is 1.40 bits per heavy atom. The number of carbonyl (C=O) groups is 1. The molecule has 4 nitrogen and oxygen atoms in total. The molecule has 0 aliphatic carbocycles. The Labute approximate surface area is 122 Å². The molecule has 0 saturated heterocycles. The van der Waals surface area contributed by atoms with Crippen LogP contribution in [0.5, 0.6) is 0 Å². The summed E-state index contributed by atoms with van der Waals surface area (Å²) in [6.07, 6.45) is -1.24. The Hall–Kier alpha value is -1.59. The maximum atomic E-state index is 11.5. The van der Waals surface area contributed by atoms with E-state index in [1.165, 1.54) is 11.3 Å². The van der Waals surface area contributed by atoms with Crippen LogP contribution in [0.4, 0.5) is 4.79 Å². The van der Waals surface area contributed by atoms with E-state index in [9.17, 15) is 9.90 Å². The molecule has 0 saturated carbocycles. The van der Waals surface area contributed by atoms with E-state index in [0.717, 1.165) is 15.0 Å². The number of alkyl carbamates (subject to hydrolysis) is 1. The zero-order valence-corrected chi connectivity index (χ0v) is 12.7. The number of ether oxygens (including phenoxy) is 1. The summed E-state index contributed by atoms with van der Waals surface area (Å²) in [4.78, 5) is 12.4. The van der Waals surface area contributed by atoms with Gasteiger partial charge in [-0.25, -0.2) is 4.79 Å². The van der Waals surface area contributed by atoms with Crippen LogP contribution in [0.1, 0.15) is 31.8 Å². The predicted molar refractivity (Wildman–Crippen MR) is 81.0 cm³/mol. The smallest absolute Gasteiger partial charge is 0.407 e. The molecular formula is C15H19NO3S. The lowest BCUT2D eigenvalue weighted by molar-refractivity contribution is 0.0493. The number of aliphatic hydroxyl groups excluding tert-OH is 1. The highest BCUT2D eigenvalue weighted by Crippen LogP contribution is 2.29.